The molecule has 0 radical (unpaired) electrons. The van der Waals surface area contributed by atoms with Crippen LogP contribution >= 0.6 is 0 Å². The molecular weight excluding hydrogens is 224 g/mol. The van der Waals surface area contributed by atoms with Crippen molar-refractivity contribution < 1.29 is 4.74 Å². The highest BCUT2D eigenvalue weighted by molar-refractivity contribution is 5.29. The molecule has 0 aliphatic heterocycles. The summed E-state index contributed by atoms with van der Waals surface area (Å²) in [4.78, 5) is 2.54. The van der Waals surface area contributed by atoms with Crippen molar-refractivity contribution in [1.82, 2.24) is 4.90 Å². The molecule has 1 aliphatic rings. The van der Waals surface area contributed by atoms with Gasteiger partial charge < -0.3 is 10.5 Å². The Morgan fingerprint density at radius 2 is 2.00 bits per heavy atom. The molecule has 0 saturated heterocycles. The van der Waals surface area contributed by atoms with E-state index in [0.717, 1.165) is 24.9 Å². The van der Waals surface area contributed by atoms with E-state index >= 15 is 0 Å². The Morgan fingerprint density at radius 3 is 2.50 bits per heavy atom. The molecule has 0 heterocycles. The van der Waals surface area contributed by atoms with Gasteiger partial charge in [-0.25, -0.2) is 0 Å². The van der Waals surface area contributed by atoms with Gasteiger partial charge in [-0.15, -0.1) is 0 Å². The van der Waals surface area contributed by atoms with Gasteiger partial charge in [0.1, 0.15) is 5.75 Å². The van der Waals surface area contributed by atoms with Gasteiger partial charge in [0.25, 0.3) is 0 Å². The van der Waals surface area contributed by atoms with E-state index in [9.17, 15) is 0 Å². The highest BCUT2D eigenvalue weighted by Gasteiger charge is 2.29. The van der Waals surface area contributed by atoms with E-state index in [1.165, 1.54) is 24.8 Å². The summed E-state index contributed by atoms with van der Waals surface area (Å²) in [6.07, 6.45) is 3.89. The van der Waals surface area contributed by atoms with Gasteiger partial charge in [-0.05, 0) is 43.5 Å². The molecule has 1 aromatic carbocycles. The molecule has 3 nitrogen and oxygen atoms in total. The van der Waals surface area contributed by atoms with E-state index in [0.29, 0.717) is 0 Å². The molecular formula is C15H24N2O. The maximum Gasteiger partial charge on any atom is 0.118 e. The maximum absolute atomic E-state index is 6.30. The summed E-state index contributed by atoms with van der Waals surface area (Å²) in [5.41, 5.74) is 7.49. The highest BCUT2D eigenvalue weighted by Crippen LogP contribution is 2.28. The monoisotopic (exact) mass is 248 g/mol. The van der Waals surface area contributed by atoms with E-state index in [-0.39, 0.29) is 6.04 Å². The molecule has 0 spiro atoms. The molecule has 0 aromatic heterocycles. The predicted molar refractivity (Wildman–Crippen MR) is 74.8 cm³/mol. The van der Waals surface area contributed by atoms with Gasteiger partial charge >= 0.3 is 0 Å². The summed E-state index contributed by atoms with van der Waals surface area (Å²) >= 11 is 0. The standard InChI is InChI=1S/C15H24N2O/c1-3-10-17(13-6-7-13)11-15(16)12-4-8-14(18-2)9-5-12/h4-5,8-9,13,15H,3,6-7,10-11,16H2,1-2H3. The number of nitrogens with zero attached hydrogens (tertiary/aromatic N) is 1. The first-order valence-corrected chi connectivity index (χ1v) is 6.88. The van der Waals surface area contributed by atoms with Crippen molar-refractivity contribution in [3.63, 3.8) is 0 Å². The van der Waals surface area contributed by atoms with Crippen molar-refractivity contribution in [2.75, 3.05) is 20.2 Å². The maximum atomic E-state index is 6.30. The van der Waals surface area contributed by atoms with Crippen LogP contribution in [0.2, 0.25) is 0 Å². The fourth-order valence-electron chi connectivity index (χ4n) is 2.36. The van der Waals surface area contributed by atoms with Gasteiger partial charge in [-0.1, -0.05) is 19.1 Å². The number of hydrogen-bond donors (Lipinski definition) is 1. The van der Waals surface area contributed by atoms with Crippen molar-refractivity contribution in [3.05, 3.63) is 29.8 Å². The van der Waals surface area contributed by atoms with Crippen molar-refractivity contribution >= 4 is 0 Å². The summed E-state index contributed by atoms with van der Waals surface area (Å²) in [7, 11) is 1.69. The van der Waals surface area contributed by atoms with E-state index in [1.54, 1.807) is 7.11 Å². The molecule has 18 heavy (non-hydrogen) atoms. The van der Waals surface area contributed by atoms with Crippen LogP contribution in [0.4, 0.5) is 0 Å². The Morgan fingerprint density at radius 1 is 1.33 bits per heavy atom. The van der Waals surface area contributed by atoms with Crippen LogP contribution in [0.3, 0.4) is 0 Å². The summed E-state index contributed by atoms with van der Waals surface area (Å²) < 4.78 is 5.17. The van der Waals surface area contributed by atoms with E-state index in [1.807, 2.05) is 12.1 Å². The molecule has 1 saturated carbocycles. The number of benzene rings is 1. The van der Waals surface area contributed by atoms with Gasteiger partial charge in [-0.3, -0.25) is 4.90 Å². The Bertz CT molecular complexity index is 359. The highest BCUT2D eigenvalue weighted by atomic mass is 16.5. The molecule has 0 bridgehead atoms. The second-order valence-corrected chi connectivity index (χ2v) is 5.11. The third-order valence-electron chi connectivity index (χ3n) is 3.55. The zero-order valence-electron chi connectivity index (χ0n) is 11.4. The number of ether oxygens (including phenoxy) is 1. The van der Waals surface area contributed by atoms with Crippen LogP contribution in [0, 0.1) is 0 Å². The van der Waals surface area contributed by atoms with Gasteiger partial charge in [0, 0.05) is 18.6 Å². The second-order valence-electron chi connectivity index (χ2n) is 5.11. The third kappa shape index (κ3) is 3.47. The lowest BCUT2D eigenvalue weighted by molar-refractivity contribution is 0.248. The number of nitrogens with two attached hydrogens (primary N) is 1. The van der Waals surface area contributed by atoms with Gasteiger partial charge in [-0.2, -0.15) is 0 Å². The topological polar surface area (TPSA) is 38.5 Å². The molecule has 1 aromatic rings. The quantitative estimate of drug-likeness (QED) is 0.806. The van der Waals surface area contributed by atoms with Gasteiger partial charge in [0.15, 0.2) is 0 Å². The van der Waals surface area contributed by atoms with Crippen LogP contribution in [-0.2, 0) is 0 Å². The molecule has 1 aliphatic carbocycles. The first kappa shape index (κ1) is 13.4. The zero-order chi connectivity index (χ0) is 13.0. The molecule has 2 rings (SSSR count). The zero-order valence-corrected chi connectivity index (χ0v) is 11.4. The van der Waals surface area contributed by atoms with E-state index < -0.39 is 0 Å². The summed E-state index contributed by atoms with van der Waals surface area (Å²) in [6.45, 7) is 4.35. The normalized spacial score (nSPS) is 16.9. The summed E-state index contributed by atoms with van der Waals surface area (Å²) in [5.74, 6) is 0.888. The Labute approximate surface area is 110 Å². The lowest BCUT2D eigenvalue weighted by atomic mass is 10.1. The lowest BCUT2D eigenvalue weighted by Gasteiger charge is -2.25. The molecule has 1 unspecified atom stereocenters. The third-order valence-corrected chi connectivity index (χ3v) is 3.55. The van der Waals surface area contributed by atoms with Crippen molar-refractivity contribution in [2.24, 2.45) is 5.73 Å². The molecule has 2 N–H and O–H groups in total. The summed E-state index contributed by atoms with van der Waals surface area (Å²) in [5, 5.41) is 0. The fourth-order valence-corrected chi connectivity index (χ4v) is 2.36. The smallest absolute Gasteiger partial charge is 0.118 e. The average molecular weight is 248 g/mol. The minimum absolute atomic E-state index is 0.100. The number of methoxy groups -OCH3 is 1. The summed E-state index contributed by atoms with van der Waals surface area (Å²) in [6, 6.07) is 8.99. The lowest BCUT2D eigenvalue weighted by Crippen LogP contribution is -2.34. The Hall–Kier alpha value is -1.06. The van der Waals surface area contributed by atoms with Crippen LogP contribution < -0.4 is 10.5 Å². The SMILES string of the molecule is CCCN(CC(N)c1ccc(OC)cc1)C1CC1. The van der Waals surface area contributed by atoms with E-state index in [4.69, 9.17) is 10.5 Å². The van der Waals surface area contributed by atoms with Crippen LogP contribution in [0.5, 0.6) is 5.75 Å². The van der Waals surface area contributed by atoms with Gasteiger partial charge in [0.05, 0.1) is 7.11 Å². The molecule has 0 amide bonds. The van der Waals surface area contributed by atoms with Gasteiger partial charge in [0.2, 0.25) is 0 Å². The first-order valence-electron chi connectivity index (χ1n) is 6.88. The Balaban J connectivity index is 1.94. The number of rotatable bonds is 7. The predicted octanol–water partition coefficient (Wildman–Crippen LogP) is 2.57. The van der Waals surface area contributed by atoms with Crippen molar-refractivity contribution in [2.45, 2.75) is 38.3 Å². The fraction of sp³-hybridized carbons (Fsp3) is 0.600. The largest absolute Gasteiger partial charge is 0.497 e. The van der Waals surface area contributed by atoms with E-state index in [2.05, 4.69) is 24.0 Å². The van der Waals surface area contributed by atoms with Crippen LogP contribution in [0.1, 0.15) is 37.8 Å². The minimum Gasteiger partial charge on any atom is -0.497 e. The average Bonchev–Trinajstić information content (AvgIpc) is 3.22. The van der Waals surface area contributed by atoms with Crippen molar-refractivity contribution in [1.29, 1.82) is 0 Å². The molecule has 3 heteroatoms. The van der Waals surface area contributed by atoms with Crippen LogP contribution in [0.15, 0.2) is 24.3 Å². The van der Waals surface area contributed by atoms with Crippen LogP contribution in [0.25, 0.3) is 0 Å². The first-order chi connectivity index (χ1) is 8.74. The van der Waals surface area contributed by atoms with Crippen molar-refractivity contribution in [3.8, 4) is 5.75 Å². The molecule has 100 valence electrons. The molecule has 1 atom stereocenters. The molecule has 1 fully saturated rings. The minimum atomic E-state index is 0.100. The second kappa shape index (κ2) is 6.21. The Kier molecular flexibility index (Phi) is 4.61. The number of hydrogen-bond acceptors (Lipinski definition) is 3. The van der Waals surface area contributed by atoms with Crippen LogP contribution in [-0.4, -0.2) is 31.1 Å².